The zero-order valence-electron chi connectivity index (χ0n) is 11.4. The van der Waals surface area contributed by atoms with Crippen LogP contribution in [0.4, 0.5) is 5.82 Å². The summed E-state index contributed by atoms with van der Waals surface area (Å²) >= 11 is 5.22. The van der Waals surface area contributed by atoms with Gasteiger partial charge in [0, 0.05) is 4.88 Å². The summed E-state index contributed by atoms with van der Waals surface area (Å²) in [5, 5.41) is 0. The summed E-state index contributed by atoms with van der Waals surface area (Å²) in [5.41, 5.74) is 6.97. The molecule has 5 heteroatoms. The van der Waals surface area contributed by atoms with Gasteiger partial charge in [-0.25, -0.2) is 9.97 Å². The maximum Gasteiger partial charge on any atom is 0.171 e. The summed E-state index contributed by atoms with van der Waals surface area (Å²) in [4.78, 5) is 11.5. The van der Waals surface area contributed by atoms with Crippen LogP contribution in [0.3, 0.4) is 0 Å². The van der Waals surface area contributed by atoms with Crippen molar-refractivity contribution in [3.63, 3.8) is 0 Å². The third-order valence-corrected chi connectivity index (χ3v) is 4.87. The molecule has 2 aromatic rings. The zero-order valence-corrected chi connectivity index (χ0v) is 13.8. The number of nitrogens with zero attached hydrogens (tertiary/aromatic N) is 2. The lowest BCUT2D eigenvalue weighted by atomic mass is 10.1. The Kier molecular flexibility index (Phi) is 4.58. The lowest BCUT2D eigenvalue weighted by Gasteiger charge is -2.10. The largest absolute Gasteiger partial charge is 0.383 e. The van der Waals surface area contributed by atoms with Gasteiger partial charge in [0.15, 0.2) is 5.82 Å². The summed E-state index contributed by atoms with van der Waals surface area (Å²) in [6.07, 6.45) is 1.93. The Morgan fingerprint density at radius 2 is 2.05 bits per heavy atom. The van der Waals surface area contributed by atoms with Gasteiger partial charge in [-0.2, -0.15) is 0 Å². The van der Waals surface area contributed by atoms with Crippen molar-refractivity contribution >= 4 is 33.1 Å². The second-order valence-corrected chi connectivity index (χ2v) is 6.87. The van der Waals surface area contributed by atoms with Gasteiger partial charge in [0.2, 0.25) is 0 Å². The molecule has 2 rings (SSSR count). The van der Waals surface area contributed by atoms with Crippen molar-refractivity contribution in [3.8, 4) is 10.7 Å². The van der Waals surface area contributed by atoms with E-state index in [1.165, 1.54) is 4.88 Å². The second kappa shape index (κ2) is 6.01. The SMILES string of the molecule is CCc1ccc(-c2nc(N)c(Br)c(CC(C)C)n2)s1. The molecule has 0 fully saturated rings. The summed E-state index contributed by atoms with van der Waals surface area (Å²) < 4.78 is 0.831. The van der Waals surface area contributed by atoms with Crippen LogP contribution in [0.5, 0.6) is 0 Å². The molecule has 0 aliphatic heterocycles. The molecule has 2 aromatic heterocycles. The highest BCUT2D eigenvalue weighted by Crippen LogP contribution is 2.30. The first-order valence-electron chi connectivity index (χ1n) is 6.42. The highest BCUT2D eigenvalue weighted by Gasteiger charge is 2.13. The number of hydrogen-bond acceptors (Lipinski definition) is 4. The van der Waals surface area contributed by atoms with E-state index in [4.69, 9.17) is 5.73 Å². The lowest BCUT2D eigenvalue weighted by Crippen LogP contribution is -2.05. The predicted molar refractivity (Wildman–Crippen MR) is 85.4 cm³/mol. The number of rotatable bonds is 4. The van der Waals surface area contributed by atoms with Crippen LogP contribution in [0.1, 0.15) is 31.3 Å². The number of hydrogen-bond donors (Lipinski definition) is 1. The van der Waals surface area contributed by atoms with E-state index in [0.717, 1.165) is 33.7 Å². The van der Waals surface area contributed by atoms with Crippen molar-refractivity contribution in [1.29, 1.82) is 0 Å². The minimum Gasteiger partial charge on any atom is -0.383 e. The predicted octanol–water partition coefficient (Wildman–Crippen LogP) is 4.31. The Morgan fingerprint density at radius 3 is 2.63 bits per heavy atom. The number of halogens is 1. The average molecular weight is 340 g/mol. The summed E-state index contributed by atoms with van der Waals surface area (Å²) in [6, 6.07) is 4.20. The summed E-state index contributed by atoms with van der Waals surface area (Å²) in [7, 11) is 0. The van der Waals surface area contributed by atoms with E-state index in [-0.39, 0.29) is 0 Å². The van der Waals surface area contributed by atoms with Crippen molar-refractivity contribution < 1.29 is 0 Å². The van der Waals surface area contributed by atoms with Gasteiger partial charge in [0.1, 0.15) is 5.82 Å². The Hall–Kier alpha value is -0.940. The van der Waals surface area contributed by atoms with E-state index in [1.807, 2.05) is 0 Å². The second-order valence-electron chi connectivity index (χ2n) is 4.91. The highest BCUT2D eigenvalue weighted by molar-refractivity contribution is 9.10. The number of nitrogens with two attached hydrogens (primary N) is 1. The molecule has 3 nitrogen and oxygen atoms in total. The van der Waals surface area contributed by atoms with E-state index in [2.05, 4.69) is 58.8 Å². The standard InChI is InChI=1S/C14H18BrN3S/c1-4-9-5-6-11(19-9)14-17-10(7-8(2)3)12(15)13(16)18-14/h5-6,8H,4,7H2,1-3H3,(H2,16,17,18). The molecule has 2 N–H and O–H groups in total. The molecule has 0 bridgehead atoms. The van der Waals surface area contributed by atoms with Crippen LogP contribution in [0, 0.1) is 5.92 Å². The summed E-state index contributed by atoms with van der Waals surface area (Å²) in [5.74, 6) is 1.79. The van der Waals surface area contributed by atoms with Gasteiger partial charge in [-0.1, -0.05) is 20.8 Å². The first-order valence-corrected chi connectivity index (χ1v) is 8.03. The third kappa shape index (κ3) is 3.34. The van der Waals surface area contributed by atoms with Crippen LogP contribution in [0.15, 0.2) is 16.6 Å². The Bertz CT molecular complexity index is 578. The van der Waals surface area contributed by atoms with E-state index in [0.29, 0.717) is 11.7 Å². The quantitative estimate of drug-likeness (QED) is 0.902. The molecule has 0 unspecified atom stereocenters. The Balaban J connectivity index is 2.43. The van der Waals surface area contributed by atoms with Crippen LogP contribution in [-0.2, 0) is 12.8 Å². The molecule has 0 aliphatic rings. The molecule has 19 heavy (non-hydrogen) atoms. The molecule has 0 radical (unpaired) electrons. The molecule has 0 amide bonds. The Labute approximate surface area is 126 Å². The topological polar surface area (TPSA) is 51.8 Å². The summed E-state index contributed by atoms with van der Waals surface area (Å²) in [6.45, 7) is 6.49. The van der Waals surface area contributed by atoms with E-state index in [1.54, 1.807) is 11.3 Å². The zero-order chi connectivity index (χ0) is 14.0. The number of anilines is 1. The van der Waals surface area contributed by atoms with Crippen LogP contribution >= 0.6 is 27.3 Å². The molecule has 0 saturated carbocycles. The number of thiophene rings is 1. The van der Waals surface area contributed by atoms with Crippen LogP contribution in [0.25, 0.3) is 10.7 Å². The van der Waals surface area contributed by atoms with Crippen molar-refractivity contribution in [1.82, 2.24) is 9.97 Å². The molecule has 0 spiro atoms. The first-order chi connectivity index (χ1) is 9.01. The van der Waals surface area contributed by atoms with Crippen molar-refractivity contribution in [2.24, 2.45) is 5.92 Å². The molecule has 102 valence electrons. The molecular formula is C14H18BrN3S. The molecule has 0 aromatic carbocycles. The van der Waals surface area contributed by atoms with Gasteiger partial charge in [0.25, 0.3) is 0 Å². The fraction of sp³-hybridized carbons (Fsp3) is 0.429. The van der Waals surface area contributed by atoms with Gasteiger partial charge in [-0.05, 0) is 46.8 Å². The van der Waals surface area contributed by atoms with Gasteiger partial charge < -0.3 is 5.73 Å². The molecule has 0 atom stereocenters. The van der Waals surface area contributed by atoms with Crippen LogP contribution in [-0.4, -0.2) is 9.97 Å². The molecule has 0 aliphatic carbocycles. The molecular weight excluding hydrogens is 322 g/mol. The molecule has 0 saturated heterocycles. The van der Waals surface area contributed by atoms with Crippen LogP contribution < -0.4 is 5.73 Å². The first kappa shape index (κ1) is 14.5. The van der Waals surface area contributed by atoms with E-state index in [9.17, 15) is 0 Å². The fourth-order valence-electron chi connectivity index (χ4n) is 1.83. The normalized spacial score (nSPS) is 11.2. The highest BCUT2D eigenvalue weighted by atomic mass is 79.9. The van der Waals surface area contributed by atoms with Crippen molar-refractivity contribution in [2.45, 2.75) is 33.6 Å². The maximum atomic E-state index is 5.98. The maximum absolute atomic E-state index is 5.98. The Morgan fingerprint density at radius 1 is 1.32 bits per heavy atom. The van der Waals surface area contributed by atoms with Gasteiger partial charge in [-0.3, -0.25) is 0 Å². The van der Waals surface area contributed by atoms with E-state index < -0.39 is 0 Å². The third-order valence-electron chi connectivity index (χ3n) is 2.78. The van der Waals surface area contributed by atoms with Gasteiger partial charge in [0.05, 0.1) is 15.0 Å². The fourth-order valence-corrected chi connectivity index (χ4v) is 3.05. The van der Waals surface area contributed by atoms with Crippen molar-refractivity contribution in [2.75, 3.05) is 5.73 Å². The van der Waals surface area contributed by atoms with E-state index >= 15 is 0 Å². The van der Waals surface area contributed by atoms with Gasteiger partial charge >= 0.3 is 0 Å². The van der Waals surface area contributed by atoms with Crippen molar-refractivity contribution in [3.05, 3.63) is 27.2 Å². The number of aromatic nitrogens is 2. The lowest BCUT2D eigenvalue weighted by molar-refractivity contribution is 0.633. The molecule has 2 heterocycles. The van der Waals surface area contributed by atoms with Crippen LogP contribution in [0.2, 0.25) is 0 Å². The minimum atomic E-state index is 0.520. The minimum absolute atomic E-state index is 0.520. The number of aryl methyl sites for hydroxylation is 1. The number of nitrogen functional groups attached to an aromatic ring is 1. The average Bonchev–Trinajstić information content (AvgIpc) is 2.82. The smallest absolute Gasteiger partial charge is 0.171 e. The van der Waals surface area contributed by atoms with Gasteiger partial charge in [-0.15, -0.1) is 11.3 Å². The monoisotopic (exact) mass is 339 g/mol.